The van der Waals surface area contributed by atoms with Gasteiger partial charge in [0.15, 0.2) is 0 Å². The van der Waals surface area contributed by atoms with Gasteiger partial charge in [-0.2, -0.15) is 0 Å². The average Bonchev–Trinajstić information content (AvgIpc) is 2.18. The molecule has 0 saturated heterocycles. The van der Waals surface area contributed by atoms with Gasteiger partial charge in [-0.15, -0.1) is 0 Å². The largest absolute Gasteiger partial charge is 0.501 e. The molecule has 0 radical (unpaired) electrons. The molecule has 2 nitrogen and oxygen atoms in total. The molecule has 0 aromatic carbocycles. The Morgan fingerprint density at radius 2 is 1.77 bits per heavy atom. The van der Waals surface area contributed by atoms with E-state index < -0.39 is 0 Å². The minimum atomic E-state index is 0.306. The van der Waals surface area contributed by atoms with Crippen LogP contribution in [0.15, 0.2) is 12.3 Å². The van der Waals surface area contributed by atoms with Crippen molar-refractivity contribution in [2.75, 3.05) is 7.11 Å². The van der Waals surface area contributed by atoms with Crippen molar-refractivity contribution in [1.82, 2.24) is 0 Å². The summed E-state index contributed by atoms with van der Waals surface area (Å²) < 4.78 is 5.24. The van der Waals surface area contributed by atoms with Crippen molar-refractivity contribution >= 4 is 0 Å². The maximum absolute atomic E-state index is 6.20. The maximum Gasteiger partial charge on any atom is 0.0933 e. The van der Waals surface area contributed by atoms with Gasteiger partial charge in [0.2, 0.25) is 0 Å². The van der Waals surface area contributed by atoms with Crippen molar-refractivity contribution in [3.05, 3.63) is 12.3 Å². The lowest BCUT2D eigenvalue weighted by molar-refractivity contribution is 0.0571. The first-order valence-corrected chi connectivity index (χ1v) is 5.22. The molecule has 74 valence electrons. The normalized spacial score (nSPS) is 43.2. The summed E-state index contributed by atoms with van der Waals surface area (Å²) in [4.78, 5) is 0. The Morgan fingerprint density at radius 3 is 2.23 bits per heavy atom. The number of methoxy groups -OCH3 is 1. The van der Waals surface area contributed by atoms with E-state index in [1.54, 1.807) is 7.11 Å². The van der Waals surface area contributed by atoms with E-state index in [1.807, 2.05) is 0 Å². The minimum Gasteiger partial charge on any atom is -0.501 e. The summed E-state index contributed by atoms with van der Waals surface area (Å²) in [6.07, 6.45) is 5.29. The van der Waals surface area contributed by atoms with Crippen molar-refractivity contribution in [3.63, 3.8) is 0 Å². The lowest BCUT2D eigenvalue weighted by Gasteiger charge is -2.47. The molecule has 2 atom stereocenters. The molecular weight excluding hydrogens is 162 g/mol. The fourth-order valence-electron chi connectivity index (χ4n) is 3.11. The predicted octanol–water partition coefficient (Wildman–Crippen LogP) is 1.91. The molecule has 0 aromatic heterocycles. The van der Waals surface area contributed by atoms with E-state index >= 15 is 0 Å². The van der Waals surface area contributed by atoms with Crippen LogP contribution in [0.4, 0.5) is 0 Å². The highest BCUT2D eigenvalue weighted by atomic mass is 16.5. The standard InChI is InChI=1S/C11H19NO/c1-7(13-2)10-8-3-5-9(6-4-8)11(10)12/h8-11H,1,3-6,12H2,2H3. The van der Waals surface area contributed by atoms with E-state index in [-0.39, 0.29) is 0 Å². The average molecular weight is 181 g/mol. The second-order valence-corrected chi connectivity index (χ2v) is 4.45. The summed E-state index contributed by atoms with van der Waals surface area (Å²) in [5.41, 5.74) is 6.20. The molecule has 13 heavy (non-hydrogen) atoms. The van der Waals surface area contributed by atoms with Gasteiger partial charge in [-0.25, -0.2) is 0 Å². The molecular formula is C11H19NO. The molecule has 3 aliphatic rings. The van der Waals surface area contributed by atoms with E-state index in [2.05, 4.69) is 6.58 Å². The van der Waals surface area contributed by atoms with Crippen molar-refractivity contribution in [2.24, 2.45) is 23.5 Å². The molecule has 3 rings (SSSR count). The van der Waals surface area contributed by atoms with Crippen molar-refractivity contribution < 1.29 is 4.74 Å². The Labute approximate surface area is 80.1 Å². The fourth-order valence-corrected chi connectivity index (χ4v) is 3.11. The Bertz CT molecular complexity index is 204. The molecule has 2 N–H and O–H groups in total. The second kappa shape index (κ2) is 3.33. The van der Waals surface area contributed by atoms with Crippen LogP contribution in [0.3, 0.4) is 0 Å². The van der Waals surface area contributed by atoms with Gasteiger partial charge in [0, 0.05) is 12.0 Å². The number of hydrogen-bond acceptors (Lipinski definition) is 2. The Kier molecular flexibility index (Phi) is 2.33. The SMILES string of the molecule is C=C(OC)C1C2CCC(CC2)C1N. The molecule has 3 aliphatic carbocycles. The number of nitrogens with two attached hydrogens (primary N) is 1. The molecule has 2 unspecified atom stereocenters. The van der Waals surface area contributed by atoms with E-state index in [0.717, 1.165) is 17.6 Å². The van der Waals surface area contributed by atoms with Gasteiger partial charge in [0.05, 0.1) is 12.9 Å². The Hall–Kier alpha value is -0.500. The third-order valence-corrected chi connectivity index (χ3v) is 3.92. The summed E-state index contributed by atoms with van der Waals surface area (Å²) in [5.74, 6) is 2.80. The number of fused-ring (bicyclic) bond motifs is 3. The molecule has 0 amide bonds. The summed E-state index contributed by atoms with van der Waals surface area (Å²) in [5, 5.41) is 0. The molecule has 3 fully saturated rings. The molecule has 0 aliphatic heterocycles. The third-order valence-electron chi connectivity index (χ3n) is 3.92. The van der Waals surface area contributed by atoms with Crippen LogP contribution in [0, 0.1) is 17.8 Å². The summed E-state index contributed by atoms with van der Waals surface area (Å²) in [6.45, 7) is 3.96. The van der Waals surface area contributed by atoms with Gasteiger partial charge in [0.1, 0.15) is 0 Å². The number of hydrogen-bond donors (Lipinski definition) is 1. The van der Waals surface area contributed by atoms with Crippen molar-refractivity contribution in [1.29, 1.82) is 0 Å². The van der Waals surface area contributed by atoms with Gasteiger partial charge in [-0.1, -0.05) is 6.58 Å². The smallest absolute Gasteiger partial charge is 0.0933 e. The number of ether oxygens (including phenoxy) is 1. The van der Waals surface area contributed by atoms with E-state index in [1.165, 1.54) is 25.7 Å². The first-order valence-electron chi connectivity index (χ1n) is 5.22. The van der Waals surface area contributed by atoms with Gasteiger partial charge < -0.3 is 10.5 Å². The maximum atomic E-state index is 6.20. The highest BCUT2D eigenvalue weighted by Crippen LogP contribution is 2.46. The van der Waals surface area contributed by atoms with Crippen LogP contribution in [0.1, 0.15) is 25.7 Å². The Morgan fingerprint density at radius 1 is 1.23 bits per heavy atom. The molecule has 3 saturated carbocycles. The Balaban J connectivity index is 2.14. The lowest BCUT2D eigenvalue weighted by Crippen LogP contribution is -2.49. The summed E-state index contributed by atoms with van der Waals surface area (Å²) in [7, 11) is 1.71. The molecule has 2 heteroatoms. The van der Waals surface area contributed by atoms with Crippen LogP contribution in [0.2, 0.25) is 0 Å². The zero-order valence-corrected chi connectivity index (χ0v) is 8.33. The first-order chi connectivity index (χ1) is 6.24. The topological polar surface area (TPSA) is 35.2 Å². The van der Waals surface area contributed by atoms with Crippen LogP contribution < -0.4 is 5.73 Å². The van der Waals surface area contributed by atoms with E-state index in [9.17, 15) is 0 Å². The van der Waals surface area contributed by atoms with Crippen LogP contribution in [-0.4, -0.2) is 13.2 Å². The molecule has 0 aromatic rings. The zero-order valence-electron chi connectivity index (χ0n) is 8.33. The van der Waals surface area contributed by atoms with E-state index in [4.69, 9.17) is 10.5 Å². The van der Waals surface area contributed by atoms with Gasteiger partial charge in [-0.05, 0) is 37.5 Å². The van der Waals surface area contributed by atoms with Crippen LogP contribution in [-0.2, 0) is 4.74 Å². The monoisotopic (exact) mass is 181 g/mol. The third kappa shape index (κ3) is 1.37. The van der Waals surface area contributed by atoms with Gasteiger partial charge >= 0.3 is 0 Å². The van der Waals surface area contributed by atoms with Crippen molar-refractivity contribution in [2.45, 2.75) is 31.7 Å². The second-order valence-electron chi connectivity index (χ2n) is 4.45. The van der Waals surface area contributed by atoms with Crippen LogP contribution >= 0.6 is 0 Å². The number of rotatable bonds is 2. The molecule has 0 heterocycles. The van der Waals surface area contributed by atoms with E-state index in [0.29, 0.717) is 12.0 Å². The first kappa shape index (κ1) is 9.07. The highest BCUT2D eigenvalue weighted by molar-refractivity contribution is 5.07. The van der Waals surface area contributed by atoms with Crippen LogP contribution in [0.25, 0.3) is 0 Å². The van der Waals surface area contributed by atoms with Crippen LogP contribution in [0.5, 0.6) is 0 Å². The summed E-state index contributed by atoms with van der Waals surface area (Å²) in [6, 6.07) is 0.306. The highest BCUT2D eigenvalue weighted by Gasteiger charge is 2.43. The minimum absolute atomic E-state index is 0.306. The van der Waals surface area contributed by atoms with Gasteiger partial charge in [-0.3, -0.25) is 0 Å². The predicted molar refractivity (Wildman–Crippen MR) is 53.1 cm³/mol. The fraction of sp³-hybridized carbons (Fsp3) is 0.818. The lowest BCUT2D eigenvalue weighted by atomic mass is 9.61. The van der Waals surface area contributed by atoms with Crippen molar-refractivity contribution in [3.8, 4) is 0 Å². The quantitative estimate of drug-likeness (QED) is 0.660. The zero-order chi connectivity index (χ0) is 9.42. The summed E-state index contributed by atoms with van der Waals surface area (Å²) >= 11 is 0. The van der Waals surface area contributed by atoms with Gasteiger partial charge in [0.25, 0.3) is 0 Å². The molecule has 2 bridgehead atoms. The molecule has 0 spiro atoms.